The summed E-state index contributed by atoms with van der Waals surface area (Å²) in [7, 11) is 0. The third-order valence-corrected chi connectivity index (χ3v) is 25.7. The van der Waals surface area contributed by atoms with Crippen molar-refractivity contribution in [3.05, 3.63) is 0 Å². The van der Waals surface area contributed by atoms with Crippen LogP contribution in [0.4, 0.5) is 0 Å². The van der Waals surface area contributed by atoms with Crippen molar-refractivity contribution >= 4 is 88.6 Å². The molecule has 0 aliphatic carbocycles. The van der Waals surface area contributed by atoms with Crippen molar-refractivity contribution in [2.45, 2.75) is 472 Å². The Morgan fingerprint density at radius 1 is 0.154 bits per heavy atom. The predicted molar refractivity (Wildman–Crippen MR) is 569 cm³/mol. The molecule has 0 saturated heterocycles. The molecule has 0 saturated carbocycles. The zero-order valence-electron chi connectivity index (χ0n) is 88.3. The summed E-state index contributed by atoms with van der Waals surface area (Å²) < 4.78 is 0. The Morgan fingerprint density at radius 2 is 0.287 bits per heavy atom. The molecule has 8 atom stereocenters. The fourth-order valence-electron chi connectivity index (χ4n) is 16.8. The van der Waals surface area contributed by atoms with Crippen LogP contribution in [0, 0.1) is 0 Å². The fourth-order valence-corrected chi connectivity index (χ4v) is 16.8. The molecule has 0 aliphatic heterocycles. The van der Waals surface area contributed by atoms with E-state index in [-0.39, 0.29) is 108 Å². The molecule has 0 aromatic rings. The highest BCUT2D eigenvalue weighted by molar-refractivity contribution is 5.91. The highest BCUT2D eigenvalue weighted by atomic mass is 16.2. The lowest BCUT2D eigenvalue weighted by atomic mass is 10.1. The Balaban J connectivity index is 4.67. The molecule has 830 valence electrons. The van der Waals surface area contributed by atoms with Gasteiger partial charge in [0.05, 0.1) is 6.04 Å². The van der Waals surface area contributed by atoms with Crippen LogP contribution in [0.25, 0.3) is 0 Å². The zero-order chi connectivity index (χ0) is 105. The molecular weight excluding hydrogens is 1830 g/mol. The third kappa shape index (κ3) is 81.5. The fraction of sp³-hybridized carbons (Fsp3) is 0.856. The second-order valence-corrected chi connectivity index (χ2v) is 38.8. The number of rotatable bonds is 103. The Hall–Kier alpha value is -8.31. The highest BCUT2D eigenvalue weighted by Gasteiger charge is 2.28. The van der Waals surface area contributed by atoms with Gasteiger partial charge in [0.25, 0.3) is 0 Å². The summed E-state index contributed by atoms with van der Waals surface area (Å²) in [5.74, 6) is -3.28. The van der Waals surface area contributed by atoms with Crippen LogP contribution in [0.5, 0.6) is 0 Å². The lowest BCUT2D eigenvalue weighted by Gasteiger charge is -2.19. The molecule has 0 radical (unpaired) electrons. The van der Waals surface area contributed by atoms with Crippen molar-refractivity contribution in [3.8, 4) is 0 Å². The van der Waals surface area contributed by atoms with Crippen molar-refractivity contribution < 1.29 is 71.9 Å². The standard InChI is InChI=1S/C104H204N24O15/c105-67-37-29-52-82(113)98(137)115-75-45-15-1-9-23-61-91(130)123-84(54-31-39-69-107)100(139)117-77-47-17-3-11-25-63-93(132)125-86(56-33-41-71-109)102(141)119-79-49-19-5-13-27-65-95(134)127-88(58-35-43-73-111)104(143)121-81-51-21-7-14-28-66-96(135)128-89(59-36-44-74-112)103(142)120-80-50-20-6-12-26-64-94(133)126-87(57-34-42-72-110)101(140)118-78-48-18-4-10-24-62-92(131)124-85(55-32-40-70-108)99(138)116-76-46-16-2-8-22-60-90(129)122-83(97(114)136)53-30-38-68-106/h82-89H,1-81,105-113H2,(H2,114,136)(H,115,137)(H,116,138)(H,117,139)(H,118,140)(H,119,141)(H,120,142)(H,121,143)(H,122,129)(H,123,130)(H,124,131)(H,125,132)(H,126,133)(H,127,134)(H,128,135). The van der Waals surface area contributed by atoms with Gasteiger partial charge in [-0.3, -0.25) is 71.9 Å². The van der Waals surface area contributed by atoms with E-state index in [9.17, 15) is 71.9 Å². The van der Waals surface area contributed by atoms with Crippen LogP contribution in [-0.4, -0.2) is 235 Å². The average Bonchev–Trinajstić information content (AvgIpc) is 0.934. The molecule has 0 spiro atoms. The first-order valence-corrected chi connectivity index (χ1v) is 56.0. The minimum absolute atomic E-state index is 0.134. The Bertz CT molecular complexity index is 3270. The lowest BCUT2D eigenvalue weighted by Crippen LogP contribution is -2.47. The minimum Gasteiger partial charge on any atom is -0.368 e. The van der Waals surface area contributed by atoms with Crippen molar-refractivity contribution in [1.29, 1.82) is 0 Å². The maximum Gasteiger partial charge on any atom is 0.242 e. The molecule has 0 fully saturated rings. The number of primary amides is 1. The van der Waals surface area contributed by atoms with E-state index in [1.807, 2.05) is 0 Å². The van der Waals surface area contributed by atoms with Gasteiger partial charge in [0.2, 0.25) is 88.6 Å². The second-order valence-electron chi connectivity index (χ2n) is 38.8. The van der Waals surface area contributed by atoms with Crippen LogP contribution in [0.15, 0.2) is 0 Å². The normalized spacial score (nSPS) is 12.9. The van der Waals surface area contributed by atoms with E-state index in [1.165, 1.54) is 0 Å². The first-order chi connectivity index (χ1) is 69.3. The average molecular weight is 2030 g/mol. The van der Waals surface area contributed by atoms with Crippen LogP contribution < -0.4 is 132 Å². The van der Waals surface area contributed by atoms with Crippen LogP contribution in [0.3, 0.4) is 0 Å². The first kappa shape index (κ1) is 135. The Labute approximate surface area is 858 Å². The molecule has 0 aromatic heterocycles. The predicted octanol–water partition coefficient (Wildman–Crippen LogP) is 6.42. The summed E-state index contributed by atoms with van der Waals surface area (Å²) >= 11 is 0. The molecule has 0 bridgehead atoms. The topological polar surface area (TPSA) is 685 Å². The molecule has 15 amide bonds. The molecular formula is C104H204N24O15. The molecule has 34 N–H and O–H groups in total. The monoisotopic (exact) mass is 2030 g/mol. The molecule has 0 aliphatic rings. The molecule has 143 heavy (non-hydrogen) atoms. The second kappa shape index (κ2) is 97.1. The van der Waals surface area contributed by atoms with E-state index >= 15 is 0 Å². The van der Waals surface area contributed by atoms with Gasteiger partial charge in [-0.25, -0.2) is 0 Å². The molecule has 39 heteroatoms. The number of carbonyl (C=O) groups excluding carboxylic acids is 15. The van der Waals surface area contributed by atoms with Gasteiger partial charge >= 0.3 is 0 Å². The van der Waals surface area contributed by atoms with Crippen LogP contribution in [0.2, 0.25) is 0 Å². The zero-order valence-corrected chi connectivity index (χ0v) is 88.3. The van der Waals surface area contributed by atoms with E-state index in [0.29, 0.717) is 252 Å². The first-order valence-electron chi connectivity index (χ1n) is 56.0. The number of carbonyl (C=O) groups is 15. The van der Waals surface area contributed by atoms with Gasteiger partial charge in [-0.05, 0) is 290 Å². The smallest absolute Gasteiger partial charge is 0.242 e. The van der Waals surface area contributed by atoms with Crippen LogP contribution in [0.1, 0.15) is 424 Å². The number of hydrogen-bond acceptors (Lipinski definition) is 24. The Kier molecular flexibility index (Phi) is 91.5. The largest absolute Gasteiger partial charge is 0.368 e. The van der Waals surface area contributed by atoms with Gasteiger partial charge < -0.3 is 132 Å². The number of nitrogens with one attached hydrogen (secondary N) is 14. The van der Waals surface area contributed by atoms with Crippen molar-refractivity contribution in [1.82, 2.24) is 74.4 Å². The maximum atomic E-state index is 13.4. The van der Waals surface area contributed by atoms with Gasteiger partial charge in [-0.2, -0.15) is 0 Å². The minimum atomic E-state index is -0.687. The highest BCUT2D eigenvalue weighted by Crippen LogP contribution is 2.18. The molecule has 0 aromatic carbocycles. The summed E-state index contributed by atoms with van der Waals surface area (Å²) in [6.45, 7) is 7.32. The maximum absolute atomic E-state index is 13.4. The summed E-state index contributed by atoms with van der Waals surface area (Å²) in [5.41, 5.74) is 57.0. The van der Waals surface area contributed by atoms with E-state index in [1.54, 1.807) is 0 Å². The summed E-state index contributed by atoms with van der Waals surface area (Å²) in [5, 5.41) is 41.3. The van der Waals surface area contributed by atoms with Gasteiger partial charge in [0, 0.05) is 90.8 Å². The van der Waals surface area contributed by atoms with Gasteiger partial charge in [0.1, 0.15) is 42.3 Å². The Morgan fingerprint density at radius 3 is 0.448 bits per heavy atom. The van der Waals surface area contributed by atoms with Gasteiger partial charge in [-0.1, -0.05) is 141 Å². The van der Waals surface area contributed by atoms with Gasteiger partial charge in [0.15, 0.2) is 0 Å². The van der Waals surface area contributed by atoms with Crippen molar-refractivity contribution in [2.24, 2.45) is 57.3 Å². The SMILES string of the molecule is NCCCCC(N)C(=O)NCCCCCCCC(=O)NC(CCCCN)C(=O)NCCCCCCCC(=O)NC(CCCCN)C(=O)NCCCCCCCC(=O)NC(CCCCN)C(=O)NCCCCCCCC(=O)NC(CCCCN)C(=O)NCCCCCCCC(=O)NC(CCCCN)C(=O)NCCCCCCCC(=O)NC(CCCCN)C(=O)NCCCCCCCC(=O)NC(CCCCN)C(N)=O. The molecule has 0 rings (SSSR count). The lowest BCUT2D eigenvalue weighted by molar-refractivity contribution is -0.129. The summed E-state index contributed by atoms with van der Waals surface area (Å²) in [6.07, 6.45) is 45.5. The molecule has 0 heterocycles. The molecule has 39 nitrogen and oxygen atoms in total. The van der Waals surface area contributed by atoms with Crippen molar-refractivity contribution in [3.63, 3.8) is 0 Å². The third-order valence-electron chi connectivity index (χ3n) is 25.7. The number of amides is 15. The number of nitrogens with two attached hydrogens (primary N) is 10. The van der Waals surface area contributed by atoms with Crippen LogP contribution >= 0.6 is 0 Å². The quantitative estimate of drug-likeness (QED) is 0.0292. The summed E-state index contributed by atoms with van der Waals surface area (Å²) in [4.78, 5) is 195. The van der Waals surface area contributed by atoms with E-state index in [0.717, 1.165) is 244 Å². The van der Waals surface area contributed by atoms with E-state index < -0.39 is 54.2 Å². The number of hydrogen-bond donors (Lipinski definition) is 24. The number of unbranched alkanes of at least 4 members (excludes halogenated alkanes) is 36. The van der Waals surface area contributed by atoms with Gasteiger partial charge in [-0.15, -0.1) is 0 Å². The molecule has 8 unspecified atom stereocenters. The van der Waals surface area contributed by atoms with Crippen LogP contribution in [-0.2, 0) is 71.9 Å². The van der Waals surface area contributed by atoms with Crippen molar-refractivity contribution in [2.75, 3.05) is 98.2 Å². The summed E-state index contributed by atoms with van der Waals surface area (Å²) in [6, 6.07) is -5.17. The van der Waals surface area contributed by atoms with E-state index in [2.05, 4.69) is 74.4 Å². The van der Waals surface area contributed by atoms with E-state index in [4.69, 9.17) is 57.3 Å².